The molecule has 0 spiro atoms. The first-order valence-corrected chi connectivity index (χ1v) is 8.56. The van der Waals surface area contributed by atoms with Crippen LogP contribution in [0.2, 0.25) is 0 Å². The molecule has 2 N–H and O–H groups in total. The SMILES string of the molecule is CCCCCC(=O)Nc1cccc(-c2n[nH]c(=O)c3ccccc23)c1. The zero-order chi connectivity index (χ0) is 17.6. The highest BCUT2D eigenvalue weighted by molar-refractivity contribution is 5.95. The molecular formula is C20H21N3O2. The average Bonchev–Trinajstić information content (AvgIpc) is 2.63. The van der Waals surface area contributed by atoms with E-state index in [0.29, 0.717) is 17.5 Å². The molecule has 0 saturated carbocycles. The quantitative estimate of drug-likeness (QED) is 0.666. The van der Waals surface area contributed by atoms with E-state index in [4.69, 9.17) is 0 Å². The third kappa shape index (κ3) is 3.94. The maximum atomic E-state index is 12.0. The normalized spacial score (nSPS) is 10.8. The number of nitrogens with zero attached hydrogens (tertiary/aromatic N) is 1. The number of aromatic amines is 1. The van der Waals surface area contributed by atoms with Gasteiger partial charge in [-0.3, -0.25) is 9.59 Å². The second-order valence-corrected chi connectivity index (χ2v) is 6.03. The lowest BCUT2D eigenvalue weighted by atomic mass is 10.0. The topological polar surface area (TPSA) is 74.8 Å². The first-order valence-electron chi connectivity index (χ1n) is 8.56. The number of carbonyl (C=O) groups is 1. The smallest absolute Gasteiger partial charge is 0.272 e. The number of rotatable bonds is 6. The van der Waals surface area contributed by atoms with E-state index in [1.165, 1.54) is 0 Å². The van der Waals surface area contributed by atoms with Gasteiger partial charge in [0.05, 0.1) is 11.1 Å². The van der Waals surface area contributed by atoms with Gasteiger partial charge in [-0.2, -0.15) is 5.10 Å². The van der Waals surface area contributed by atoms with Gasteiger partial charge in [0.1, 0.15) is 0 Å². The largest absolute Gasteiger partial charge is 0.326 e. The Morgan fingerprint density at radius 1 is 1.08 bits per heavy atom. The van der Waals surface area contributed by atoms with Gasteiger partial charge < -0.3 is 5.32 Å². The van der Waals surface area contributed by atoms with Gasteiger partial charge in [0.25, 0.3) is 5.56 Å². The number of H-pyrrole nitrogens is 1. The zero-order valence-corrected chi connectivity index (χ0v) is 14.2. The van der Waals surface area contributed by atoms with Crippen molar-refractivity contribution in [3.63, 3.8) is 0 Å². The summed E-state index contributed by atoms with van der Waals surface area (Å²) in [7, 11) is 0. The van der Waals surface area contributed by atoms with Crippen LogP contribution in [0, 0.1) is 0 Å². The molecule has 0 saturated heterocycles. The monoisotopic (exact) mass is 335 g/mol. The van der Waals surface area contributed by atoms with Crippen molar-refractivity contribution in [3.05, 3.63) is 58.9 Å². The van der Waals surface area contributed by atoms with E-state index in [2.05, 4.69) is 22.4 Å². The lowest BCUT2D eigenvalue weighted by molar-refractivity contribution is -0.116. The average molecular weight is 335 g/mol. The first-order chi connectivity index (χ1) is 12.2. The summed E-state index contributed by atoms with van der Waals surface area (Å²) in [5.41, 5.74) is 2.06. The zero-order valence-electron chi connectivity index (χ0n) is 14.2. The van der Waals surface area contributed by atoms with Gasteiger partial charge in [-0.25, -0.2) is 5.10 Å². The van der Waals surface area contributed by atoms with E-state index in [0.717, 1.165) is 35.9 Å². The number of hydrogen-bond donors (Lipinski definition) is 2. The summed E-state index contributed by atoms with van der Waals surface area (Å²) in [6, 6.07) is 14.9. The van der Waals surface area contributed by atoms with Crippen LogP contribution < -0.4 is 10.9 Å². The Balaban J connectivity index is 1.89. The molecule has 1 amide bonds. The number of unbranched alkanes of at least 4 members (excludes halogenated alkanes) is 2. The van der Waals surface area contributed by atoms with E-state index in [1.54, 1.807) is 6.07 Å². The highest BCUT2D eigenvalue weighted by atomic mass is 16.1. The fourth-order valence-electron chi connectivity index (χ4n) is 2.84. The molecule has 0 aliphatic rings. The Labute approximate surface area is 146 Å². The molecule has 0 aliphatic heterocycles. The third-order valence-corrected chi connectivity index (χ3v) is 4.12. The number of benzene rings is 2. The van der Waals surface area contributed by atoms with Crippen LogP contribution in [0.15, 0.2) is 53.3 Å². The molecule has 3 aromatic rings. The summed E-state index contributed by atoms with van der Waals surface area (Å²) >= 11 is 0. The number of anilines is 1. The summed E-state index contributed by atoms with van der Waals surface area (Å²) in [5, 5.41) is 11.1. The van der Waals surface area contributed by atoms with Crippen molar-refractivity contribution in [3.8, 4) is 11.3 Å². The molecule has 0 atom stereocenters. The Kier molecular flexibility index (Phi) is 5.23. The molecule has 128 valence electrons. The van der Waals surface area contributed by atoms with Gasteiger partial charge in [-0.15, -0.1) is 0 Å². The minimum atomic E-state index is -0.209. The Bertz CT molecular complexity index is 947. The number of aromatic nitrogens is 2. The van der Waals surface area contributed by atoms with Gasteiger partial charge in [0.15, 0.2) is 0 Å². The summed E-state index contributed by atoms with van der Waals surface area (Å²) in [4.78, 5) is 23.9. The number of nitrogens with one attached hydrogen (secondary N) is 2. The molecule has 5 heteroatoms. The fraction of sp³-hybridized carbons (Fsp3) is 0.250. The van der Waals surface area contributed by atoms with Crippen molar-refractivity contribution in [2.45, 2.75) is 32.6 Å². The number of carbonyl (C=O) groups excluding carboxylic acids is 1. The number of fused-ring (bicyclic) bond motifs is 1. The number of amides is 1. The van der Waals surface area contributed by atoms with Crippen LogP contribution in [-0.2, 0) is 4.79 Å². The van der Waals surface area contributed by atoms with Crippen molar-refractivity contribution in [2.75, 3.05) is 5.32 Å². The minimum absolute atomic E-state index is 0.0184. The van der Waals surface area contributed by atoms with Crippen molar-refractivity contribution < 1.29 is 4.79 Å². The molecule has 0 fully saturated rings. The predicted octanol–water partition coefficient (Wildman–Crippen LogP) is 4.11. The van der Waals surface area contributed by atoms with Crippen LogP contribution in [0.25, 0.3) is 22.0 Å². The van der Waals surface area contributed by atoms with Crippen molar-refractivity contribution in [2.24, 2.45) is 0 Å². The van der Waals surface area contributed by atoms with Crippen LogP contribution in [0.5, 0.6) is 0 Å². The van der Waals surface area contributed by atoms with Crippen molar-refractivity contribution in [1.29, 1.82) is 0 Å². The predicted molar refractivity (Wildman–Crippen MR) is 101 cm³/mol. The highest BCUT2D eigenvalue weighted by Gasteiger charge is 2.09. The standard InChI is InChI=1S/C20H21N3O2/c1-2-3-4-12-18(24)21-15-9-7-8-14(13-15)19-16-10-5-6-11-17(16)20(25)23-22-19/h5-11,13H,2-4,12H2,1H3,(H,21,24)(H,23,25). The first kappa shape index (κ1) is 16.9. The van der Waals surface area contributed by atoms with Crippen LogP contribution in [0.3, 0.4) is 0 Å². The molecule has 5 nitrogen and oxygen atoms in total. The fourth-order valence-corrected chi connectivity index (χ4v) is 2.84. The molecule has 1 heterocycles. The minimum Gasteiger partial charge on any atom is -0.326 e. The van der Waals surface area contributed by atoms with E-state index in [-0.39, 0.29) is 11.5 Å². The van der Waals surface area contributed by atoms with Gasteiger partial charge in [0, 0.05) is 23.1 Å². The molecule has 0 aliphatic carbocycles. The molecular weight excluding hydrogens is 314 g/mol. The molecule has 1 aromatic heterocycles. The van der Waals surface area contributed by atoms with Gasteiger partial charge >= 0.3 is 0 Å². The Morgan fingerprint density at radius 2 is 1.88 bits per heavy atom. The lowest BCUT2D eigenvalue weighted by Crippen LogP contribution is -2.11. The molecule has 0 unspecified atom stereocenters. The Hall–Kier alpha value is -2.95. The summed E-state index contributed by atoms with van der Waals surface area (Å²) in [5.74, 6) is 0.0184. The van der Waals surface area contributed by atoms with Crippen LogP contribution in [0.4, 0.5) is 5.69 Å². The molecule has 2 aromatic carbocycles. The summed E-state index contributed by atoms with van der Waals surface area (Å²) in [6.07, 6.45) is 3.57. The van der Waals surface area contributed by atoms with Gasteiger partial charge in [-0.05, 0) is 24.6 Å². The van der Waals surface area contributed by atoms with E-state index < -0.39 is 0 Å². The maximum absolute atomic E-state index is 12.0. The third-order valence-electron chi connectivity index (χ3n) is 4.12. The number of hydrogen-bond acceptors (Lipinski definition) is 3. The van der Waals surface area contributed by atoms with Crippen molar-refractivity contribution in [1.82, 2.24) is 10.2 Å². The second-order valence-electron chi connectivity index (χ2n) is 6.03. The lowest BCUT2D eigenvalue weighted by Gasteiger charge is -2.09. The second kappa shape index (κ2) is 7.75. The molecule has 3 rings (SSSR count). The van der Waals surface area contributed by atoms with Crippen molar-refractivity contribution >= 4 is 22.4 Å². The summed E-state index contributed by atoms with van der Waals surface area (Å²) in [6.45, 7) is 2.11. The van der Waals surface area contributed by atoms with Crippen LogP contribution >= 0.6 is 0 Å². The molecule has 25 heavy (non-hydrogen) atoms. The maximum Gasteiger partial charge on any atom is 0.272 e. The molecule has 0 bridgehead atoms. The van der Waals surface area contributed by atoms with E-state index in [9.17, 15) is 9.59 Å². The van der Waals surface area contributed by atoms with Gasteiger partial charge in [-0.1, -0.05) is 50.1 Å². The van der Waals surface area contributed by atoms with E-state index in [1.807, 2.05) is 42.5 Å². The van der Waals surface area contributed by atoms with Gasteiger partial charge in [0.2, 0.25) is 5.91 Å². The van der Waals surface area contributed by atoms with Crippen LogP contribution in [0.1, 0.15) is 32.6 Å². The molecule has 0 radical (unpaired) electrons. The highest BCUT2D eigenvalue weighted by Crippen LogP contribution is 2.26. The Morgan fingerprint density at radius 3 is 2.68 bits per heavy atom. The van der Waals surface area contributed by atoms with Crippen LogP contribution in [-0.4, -0.2) is 16.1 Å². The summed E-state index contributed by atoms with van der Waals surface area (Å²) < 4.78 is 0. The van der Waals surface area contributed by atoms with E-state index >= 15 is 0 Å².